The Hall–Kier alpha value is -2.17. The molecule has 0 N–H and O–H groups in total. The zero-order valence-electron chi connectivity index (χ0n) is 10.5. The Morgan fingerprint density at radius 3 is 2.15 bits per heavy atom. The molecule has 0 atom stereocenters. The first-order chi connectivity index (χ1) is 9.32. The molecule has 0 bridgehead atoms. The van der Waals surface area contributed by atoms with Crippen LogP contribution in [-0.2, 0) is 5.92 Å². The van der Waals surface area contributed by atoms with Gasteiger partial charge in [-0.15, -0.1) is 0 Å². The highest BCUT2D eigenvalue weighted by atomic mass is 19.3. The van der Waals surface area contributed by atoms with Crippen LogP contribution in [0, 0.1) is 18.6 Å². The van der Waals surface area contributed by atoms with Crippen LogP contribution in [-0.4, -0.2) is 5.78 Å². The molecule has 0 fully saturated rings. The third kappa shape index (κ3) is 2.57. The monoisotopic (exact) mass is 282 g/mol. The van der Waals surface area contributed by atoms with Crippen LogP contribution in [0.1, 0.15) is 21.5 Å². The van der Waals surface area contributed by atoms with E-state index in [0.717, 1.165) is 29.8 Å². The first kappa shape index (κ1) is 14.2. The van der Waals surface area contributed by atoms with Crippen molar-refractivity contribution in [2.45, 2.75) is 12.8 Å². The van der Waals surface area contributed by atoms with E-state index < -0.39 is 34.5 Å². The summed E-state index contributed by atoms with van der Waals surface area (Å²) in [6.45, 7) is 1.71. The molecule has 2 rings (SSSR count). The molecular formula is C15H10F4O. The van der Waals surface area contributed by atoms with E-state index in [-0.39, 0.29) is 0 Å². The number of rotatable bonds is 3. The number of halogens is 4. The highest BCUT2D eigenvalue weighted by molar-refractivity contribution is 6.02. The van der Waals surface area contributed by atoms with Gasteiger partial charge in [0.15, 0.2) is 0 Å². The van der Waals surface area contributed by atoms with Crippen LogP contribution in [0.3, 0.4) is 0 Å². The van der Waals surface area contributed by atoms with Crippen molar-refractivity contribution < 1.29 is 22.4 Å². The van der Waals surface area contributed by atoms with Crippen molar-refractivity contribution in [3.63, 3.8) is 0 Å². The number of hydrogen-bond acceptors (Lipinski definition) is 1. The van der Waals surface area contributed by atoms with E-state index in [9.17, 15) is 22.4 Å². The van der Waals surface area contributed by atoms with Gasteiger partial charge in [0.25, 0.3) is 0 Å². The topological polar surface area (TPSA) is 17.1 Å². The minimum Gasteiger partial charge on any atom is -0.287 e. The molecule has 20 heavy (non-hydrogen) atoms. The molecule has 1 nitrogen and oxygen atoms in total. The van der Waals surface area contributed by atoms with E-state index in [1.54, 1.807) is 6.92 Å². The van der Waals surface area contributed by atoms with Crippen molar-refractivity contribution >= 4 is 5.78 Å². The molecular weight excluding hydrogens is 272 g/mol. The van der Waals surface area contributed by atoms with Gasteiger partial charge in [-0.1, -0.05) is 29.8 Å². The summed E-state index contributed by atoms with van der Waals surface area (Å²) >= 11 is 0. The molecule has 0 aliphatic carbocycles. The number of hydrogen-bond donors (Lipinski definition) is 0. The van der Waals surface area contributed by atoms with Gasteiger partial charge < -0.3 is 0 Å². The van der Waals surface area contributed by atoms with Crippen molar-refractivity contribution in [3.8, 4) is 0 Å². The summed E-state index contributed by atoms with van der Waals surface area (Å²) in [7, 11) is 0. The lowest BCUT2D eigenvalue weighted by molar-refractivity contribution is 0.00701. The summed E-state index contributed by atoms with van der Waals surface area (Å²) < 4.78 is 54.2. The van der Waals surface area contributed by atoms with Crippen molar-refractivity contribution in [1.82, 2.24) is 0 Å². The predicted molar refractivity (Wildman–Crippen MR) is 65.8 cm³/mol. The molecule has 0 aliphatic heterocycles. The third-order valence-electron chi connectivity index (χ3n) is 2.88. The average Bonchev–Trinajstić information content (AvgIpc) is 2.38. The fourth-order valence-corrected chi connectivity index (χ4v) is 1.74. The largest absolute Gasteiger partial charge is 0.335 e. The number of Topliss-reactive ketones (excluding diaryl/α,β-unsaturated/α-hetero) is 1. The molecule has 0 radical (unpaired) electrons. The molecule has 0 unspecified atom stereocenters. The van der Waals surface area contributed by atoms with E-state index in [4.69, 9.17) is 0 Å². The Labute approximate surface area is 112 Å². The Balaban J connectivity index is 2.42. The van der Waals surface area contributed by atoms with E-state index in [0.29, 0.717) is 6.07 Å². The number of alkyl halides is 2. The van der Waals surface area contributed by atoms with E-state index >= 15 is 0 Å². The van der Waals surface area contributed by atoms with Crippen molar-refractivity contribution in [2.75, 3.05) is 0 Å². The van der Waals surface area contributed by atoms with Gasteiger partial charge in [-0.3, -0.25) is 4.79 Å². The number of ketones is 1. The number of carbonyl (C=O) groups is 1. The van der Waals surface area contributed by atoms with Gasteiger partial charge in [0, 0.05) is 11.6 Å². The highest BCUT2D eigenvalue weighted by Crippen LogP contribution is 2.32. The second-order valence-electron chi connectivity index (χ2n) is 4.39. The molecule has 0 saturated heterocycles. The molecule has 0 heterocycles. The molecule has 5 heteroatoms. The lowest BCUT2D eigenvalue weighted by atomic mass is 9.98. The molecule has 2 aromatic carbocycles. The van der Waals surface area contributed by atoms with Crippen molar-refractivity contribution in [3.05, 3.63) is 70.8 Å². The summed E-state index contributed by atoms with van der Waals surface area (Å²) in [5.41, 5.74) is -0.612. The van der Waals surface area contributed by atoms with Crippen LogP contribution >= 0.6 is 0 Å². The zero-order valence-corrected chi connectivity index (χ0v) is 10.5. The van der Waals surface area contributed by atoms with Gasteiger partial charge in [-0.05, 0) is 19.1 Å². The van der Waals surface area contributed by atoms with Crippen molar-refractivity contribution in [1.29, 1.82) is 0 Å². The van der Waals surface area contributed by atoms with E-state index in [2.05, 4.69) is 0 Å². The summed E-state index contributed by atoms with van der Waals surface area (Å²) in [6.07, 6.45) is 0. The molecule has 0 aliphatic rings. The molecule has 2 aromatic rings. The maximum atomic E-state index is 14.0. The molecule has 0 aromatic heterocycles. The zero-order chi connectivity index (χ0) is 14.9. The van der Waals surface area contributed by atoms with Crippen LogP contribution in [0.25, 0.3) is 0 Å². The van der Waals surface area contributed by atoms with Crippen LogP contribution < -0.4 is 0 Å². The average molecular weight is 282 g/mol. The van der Waals surface area contributed by atoms with Crippen LogP contribution in [0.2, 0.25) is 0 Å². The SMILES string of the molecule is Cc1ccc(C(F)(F)C(=O)c2ccc(F)cc2F)cc1. The van der Waals surface area contributed by atoms with Crippen LogP contribution in [0.5, 0.6) is 0 Å². The van der Waals surface area contributed by atoms with E-state index in [1.165, 1.54) is 12.1 Å². The lowest BCUT2D eigenvalue weighted by Gasteiger charge is -2.16. The first-order valence-electron chi connectivity index (χ1n) is 5.77. The quantitative estimate of drug-likeness (QED) is 0.607. The molecule has 0 spiro atoms. The Morgan fingerprint density at radius 2 is 1.60 bits per heavy atom. The summed E-state index contributed by atoms with van der Waals surface area (Å²) in [5, 5.41) is 0. The van der Waals surface area contributed by atoms with Gasteiger partial charge in [-0.25, -0.2) is 8.78 Å². The number of benzene rings is 2. The standard InChI is InChI=1S/C15H10F4O/c1-9-2-4-10(5-3-9)15(18,19)14(20)12-7-6-11(16)8-13(12)17/h2-8H,1H3. The number of aryl methyl sites for hydroxylation is 1. The fraction of sp³-hybridized carbons (Fsp3) is 0.133. The maximum absolute atomic E-state index is 14.0. The van der Waals surface area contributed by atoms with Gasteiger partial charge in [-0.2, -0.15) is 8.78 Å². The van der Waals surface area contributed by atoms with Gasteiger partial charge in [0.2, 0.25) is 5.78 Å². The predicted octanol–water partition coefficient (Wildman–Crippen LogP) is 4.25. The minimum atomic E-state index is -3.87. The van der Waals surface area contributed by atoms with Crippen LogP contribution in [0.4, 0.5) is 17.6 Å². The maximum Gasteiger partial charge on any atom is 0.335 e. The molecule has 0 amide bonds. The third-order valence-corrected chi connectivity index (χ3v) is 2.88. The lowest BCUT2D eigenvalue weighted by Crippen LogP contribution is -2.27. The first-order valence-corrected chi connectivity index (χ1v) is 5.77. The number of carbonyl (C=O) groups excluding carboxylic acids is 1. The normalized spacial score (nSPS) is 11.4. The van der Waals surface area contributed by atoms with E-state index in [1.807, 2.05) is 0 Å². The second kappa shape index (κ2) is 5.07. The fourth-order valence-electron chi connectivity index (χ4n) is 1.74. The summed E-state index contributed by atoms with van der Waals surface area (Å²) in [4.78, 5) is 11.8. The smallest absolute Gasteiger partial charge is 0.287 e. The molecule has 0 saturated carbocycles. The van der Waals surface area contributed by atoms with Gasteiger partial charge >= 0.3 is 5.92 Å². The second-order valence-corrected chi connectivity index (χ2v) is 4.39. The van der Waals surface area contributed by atoms with Crippen LogP contribution in [0.15, 0.2) is 42.5 Å². The van der Waals surface area contributed by atoms with Gasteiger partial charge in [0.1, 0.15) is 11.6 Å². The summed E-state index contributed by atoms with van der Waals surface area (Å²) in [5.74, 6) is -7.80. The Morgan fingerprint density at radius 1 is 1.00 bits per heavy atom. The summed E-state index contributed by atoms with van der Waals surface area (Å²) in [6, 6.07) is 6.95. The van der Waals surface area contributed by atoms with Crippen molar-refractivity contribution in [2.24, 2.45) is 0 Å². The van der Waals surface area contributed by atoms with Gasteiger partial charge in [0.05, 0.1) is 5.56 Å². The highest BCUT2D eigenvalue weighted by Gasteiger charge is 2.42. The Kier molecular flexibility index (Phi) is 3.61. The Bertz CT molecular complexity index is 647. The minimum absolute atomic E-state index is 0.401. The molecule has 104 valence electrons.